The summed E-state index contributed by atoms with van der Waals surface area (Å²) in [4.78, 5) is 14.6. The molecule has 0 fully saturated rings. The zero-order valence-electron chi connectivity index (χ0n) is 9.95. The van der Waals surface area contributed by atoms with Crippen molar-refractivity contribution >= 4 is 0 Å². The van der Waals surface area contributed by atoms with Gasteiger partial charge in [0.25, 0.3) is 5.56 Å². The lowest BCUT2D eigenvalue weighted by atomic mass is 10.2. The molecule has 0 radical (unpaired) electrons. The quantitative estimate of drug-likeness (QED) is 0.760. The highest BCUT2D eigenvalue weighted by molar-refractivity contribution is 5.42. The molecule has 0 aliphatic rings. The molecule has 2 aromatic rings. The van der Waals surface area contributed by atoms with Crippen LogP contribution in [0, 0.1) is 23.0 Å². The minimum Gasteiger partial charge on any atom is -0.269 e. The van der Waals surface area contributed by atoms with Gasteiger partial charge >= 0.3 is 6.18 Å². The SMILES string of the molecule is N#Cc1cc(F)c(-n2cnc(C(F)(F)F)cc2=O)cc1F. The highest BCUT2D eigenvalue weighted by atomic mass is 19.4. The van der Waals surface area contributed by atoms with Crippen molar-refractivity contribution in [2.45, 2.75) is 6.18 Å². The predicted octanol–water partition coefficient (Wildman–Crippen LogP) is 2.40. The standard InChI is InChI=1S/C12H4F5N3O/c13-7-2-9(8(14)1-6(7)4-18)20-5-19-10(3-11(20)21)12(15,16)17/h1-3,5H. The van der Waals surface area contributed by atoms with Gasteiger partial charge in [-0.1, -0.05) is 0 Å². The van der Waals surface area contributed by atoms with Gasteiger partial charge in [-0.15, -0.1) is 0 Å². The molecule has 21 heavy (non-hydrogen) atoms. The number of alkyl halides is 3. The van der Waals surface area contributed by atoms with E-state index in [9.17, 15) is 26.7 Å². The highest BCUT2D eigenvalue weighted by Crippen LogP contribution is 2.26. The number of nitrogens with zero attached hydrogens (tertiary/aromatic N) is 3. The zero-order chi connectivity index (χ0) is 15.8. The minimum absolute atomic E-state index is 0.162. The van der Waals surface area contributed by atoms with E-state index in [0.29, 0.717) is 23.0 Å². The average molecular weight is 301 g/mol. The Balaban J connectivity index is 2.62. The first-order chi connectivity index (χ1) is 9.74. The van der Waals surface area contributed by atoms with Gasteiger partial charge in [0.05, 0.1) is 11.3 Å². The maximum absolute atomic E-state index is 13.7. The molecular weight excluding hydrogens is 297 g/mol. The second kappa shape index (κ2) is 4.97. The summed E-state index contributed by atoms with van der Waals surface area (Å²) in [6, 6.07) is 2.62. The molecule has 0 atom stereocenters. The highest BCUT2D eigenvalue weighted by Gasteiger charge is 2.33. The first kappa shape index (κ1) is 14.6. The molecule has 0 unspecified atom stereocenters. The molecule has 0 N–H and O–H groups in total. The number of hydrogen-bond acceptors (Lipinski definition) is 3. The van der Waals surface area contributed by atoms with E-state index >= 15 is 0 Å². The van der Waals surface area contributed by atoms with E-state index in [4.69, 9.17) is 5.26 Å². The van der Waals surface area contributed by atoms with Crippen LogP contribution in [0.1, 0.15) is 11.3 Å². The lowest BCUT2D eigenvalue weighted by Gasteiger charge is -2.09. The van der Waals surface area contributed by atoms with E-state index < -0.39 is 40.3 Å². The third-order valence-corrected chi connectivity index (χ3v) is 2.52. The maximum Gasteiger partial charge on any atom is 0.433 e. The van der Waals surface area contributed by atoms with Crippen LogP contribution in [0.3, 0.4) is 0 Å². The number of halogens is 5. The molecule has 1 aromatic heterocycles. The van der Waals surface area contributed by atoms with Crippen LogP contribution in [0.5, 0.6) is 0 Å². The normalized spacial score (nSPS) is 11.2. The van der Waals surface area contributed by atoms with E-state index in [1.165, 1.54) is 6.07 Å². The maximum atomic E-state index is 13.7. The Bertz CT molecular complexity index is 804. The Morgan fingerprint density at radius 1 is 1.14 bits per heavy atom. The van der Waals surface area contributed by atoms with Gasteiger partial charge in [0.15, 0.2) is 5.69 Å². The molecule has 4 nitrogen and oxygen atoms in total. The van der Waals surface area contributed by atoms with Crippen molar-refractivity contribution in [3.63, 3.8) is 0 Å². The van der Waals surface area contributed by atoms with Crippen LogP contribution in [0.25, 0.3) is 5.69 Å². The van der Waals surface area contributed by atoms with Crippen molar-refractivity contribution < 1.29 is 22.0 Å². The summed E-state index contributed by atoms with van der Waals surface area (Å²) in [5.74, 6) is -2.25. The topological polar surface area (TPSA) is 58.7 Å². The number of aromatic nitrogens is 2. The van der Waals surface area contributed by atoms with Gasteiger partial charge in [-0.05, 0) is 6.07 Å². The van der Waals surface area contributed by atoms with Crippen molar-refractivity contribution in [2.24, 2.45) is 0 Å². The van der Waals surface area contributed by atoms with Crippen LogP contribution in [0.2, 0.25) is 0 Å². The van der Waals surface area contributed by atoms with Crippen LogP contribution >= 0.6 is 0 Å². The zero-order valence-corrected chi connectivity index (χ0v) is 9.95. The second-order valence-corrected chi connectivity index (χ2v) is 3.88. The van der Waals surface area contributed by atoms with Gasteiger partial charge in [-0.25, -0.2) is 13.8 Å². The van der Waals surface area contributed by atoms with Crippen LogP contribution in [0.4, 0.5) is 22.0 Å². The summed E-state index contributed by atoms with van der Waals surface area (Å²) in [6.45, 7) is 0. The van der Waals surface area contributed by atoms with Gasteiger partial charge in [0.1, 0.15) is 24.0 Å². The number of nitriles is 1. The molecule has 0 saturated heterocycles. The Hall–Kier alpha value is -2.76. The van der Waals surface area contributed by atoms with Gasteiger partial charge in [0.2, 0.25) is 0 Å². The lowest BCUT2D eigenvalue weighted by Crippen LogP contribution is -2.23. The van der Waals surface area contributed by atoms with Gasteiger partial charge in [-0.3, -0.25) is 9.36 Å². The Labute approximate surface area is 113 Å². The Kier molecular flexibility index (Phi) is 3.47. The first-order valence-corrected chi connectivity index (χ1v) is 5.29. The molecule has 2 rings (SSSR count). The van der Waals surface area contributed by atoms with E-state index in [1.807, 2.05) is 0 Å². The van der Waals surface area contributed by atoms with Crippen molar-refractivity contribution in [2.75, 3.05) is 0 Å². The summed E-state index contributed by atoms with van der Waals surface area (Å²) in [5, 5.41) is 8.52. The largest absolute Gasteiger partial charge is 0.433 e. The van der Waals surface area contributed by atoms with Gasteiger partial charge in [-0.2, -0.15) is 18.4 Å². The van der Waals surface area contributed by atoms with Gasteiger partial charge < -0.3 is 0 Å². The molecular formula is C12H4F5N3O. The summed E-state index contributed by atoms with van der Waals surface area (Å²) in [5.41, 5.74) is -3.92. The van der Waals surface area contributed by atoms with Gasteiger partial charge in [0, 0.05) is 12.1 Å². The fourth-order valence-electron chi connectivity index (χ4n) is 1.54. The molecule has 0 aliphatic heterocycles. The van der Waals surface area contributed by atoms with Crippen LogP contribution < -0.4 is 5.56 Å². The Morgan fingerprint density at radius 3 is 2.33 bits per heavy atom. The van der Waals surface area contributed by atoms with Crippen LogP contribution in [0.15, 0.2) is 29.3 Å². The summed E-state index contributed by atoms with van der Waals surface area (Å²) >= 11 is 0. The third-order valence-electron chi connectivity index (χ3n) is 2.52. The fraction of sp³-hybridized carbons (Fsp3) is 0.0833. The third kappa shape index (κ3) is 2.74. The smallest absolute Gasteiger partial charge is 0.269 e. The number of benzene rings is 1. The molecule has 108 valence electrons. The molecule has 0 saturated carbocycles. The Morgan fingerprint density at radius 2 is 1.81 bits per heavy atom. The lowest BCUT2D eigenvalue weighted by molar-refractivity contribution is -0.141. The van der Waals surface area contributed by atoms with Crippen molar-refractivity contribution in [3.8, 4) is 11.8 Å². The van der Waals surface area contributed by atoms with Crippen LogP contribution in [-0.4, -0.2) is 9.55 Å². The first-order valence-electron chi connectivity index (χ1n) is 5.29. The molecule has 0 amide bonds. The van der Waals surface area contributed by atoms with E-state index in [2.05, 4.69) is 4.98 Å². The fourth-order valence-corrected chi connectivity index (χ4v) is 1.54. The van der Waals surface area contributed by atoms with Crippen molar-refractivity contribution in [3.05, 3.63) is 57.8 Å². The van der Waals surface area contributed by atoms with Crippen molar-refractivity contribution in [1.82, 2.24) is 9.55 Å². The van der Waals surface area contributed by atoms with Crippen LogP contribution in [-0.2, 0) is 6.18 Å². The predicted molar refractivity (Wildman–Crippen MR) is 59.5 cm³/mol. The minimum atomic E-state index is -4.83. The molecule has 1 heterocycles. The second-order valence-electron chi connectivity index (χ2n) is 3.88. The number of rotatable bonds is 1. The molecule has 1 aromatic carbocycles. The summed E-state index contributed by atoms with van der Waals surface area (Å²) < 4.78 is 64.6. The average Bonchev–Trinajstić information content (AvgIpc) is 2.40. The molecule has 0 aliphatic carbocycles. The van der Waals surface area contributed by atoms with E-state index in [0.717, 1.165) is 0 Å². The summed E-state index contributed by atoms with van der Waals surface area (Å²) in [6.07, 6.45) is -4.39. The molecule has 0 spiro atoms. The monoisotopic (exact) mass is 301 g/mol. The molecule has 9 heteroatoms. The van der Waals surface area contributed by atoms with Crippen molar-refractivity contribution in [1.29, 1.82) is 5.26 Å². The molecule has 0 bridgehead atoms. The summed E-state index contributed by atoms with van der Waals surface area (Å²) in [7, 11) is 0. The van der Waals surface area contributed by atoms with E-state index in [-0.39, 0.29) is 6.07 Å². The number of hydrogen-bond donors (Lipinski definition) is 0. The van der Waals surface area contributed by atoms with E-state index in [1.54, 1.807) is 0 Å².